The molecule has 2 aromatic carbocycles. The van der Waals surface area contributed by atoms with Gasteiger partial charge in [0.05, 0.1) is 35.6 Å². The topological polar surface area (TPSA) is 122 Å². The van der Waals surface area contributed by atoms with Gasteiger partial charge in [0.1, 0.15) is 11.8 Å². The summed E-state index contributed by atoms with van der Waals surface area (Å²) in [6.45, 7) is 0. The zero-order valence-electron chi connectivity index (χ0n) is 17.4. The fourth-order valence-electron chi connectivity index (χ4n) is 4.77. The molecule has 2 aromatic rings. The number of nitro groups is 1. The second-order valence-electron chi connectivity index (χ2n) is 7.90. The quantitative estimate of drug-likeness (QED) is 0.299. The SMILES string of the molecule is COc1ccc(N2C(=O)[C@@H]3[C@H](C2=O)[C@@H](C(=O)c2cccc([N+](=O)[O-])c2)N2N=CC=C[C@@H]32)cc1. The number of carbonyl (C=O) groups excluding carboxylic acids is 3. The van der Waals surface area contributed by atoms with Gasteiger partial charge in [-0.25, -0.2) is 4.90 Å². The molecule has 0 aliphatic carbocycles. The molecule has 0 unspecified atom stereocenters. The molecule has 166 valence electrons. The van der Waals surface area contributed by atoms with Crippen molar-refractivity contribution in [3.8, 4) is 5.75 Å². The smallest absolute Gasteiger partial charge is 0.270 e. The third kappa shape index (κ3) is 3.10. The van der Waals surface area contributed by atoms with Crippen molar-refractivity contribution in [3.63, 3.8) is 0 Å². The van der Waals surface area contributed by atoms with E-state index >= 15 is 0 Å². The fourth-order valence-corrected chi connectivity index (χ4v) is 4.77. The lowest BCUT2D eigenvalue weighted by Gasteiger charge is -2.30. The van der Waals surface area contributed by atoms with Crippen LogP contribution in [0.4, 0.5) is 11.4 Å². The fraction of sp³-hybridized carbons (Fsp3) is 0.217. The minimum Gasteiger partial charge on any atom is -0.497 e. The Morgan fingerprint density at radius 3 is 2.52 bits per heavy atom. The molecule has 2 fully saturated rings. The van der Waals surface area contributed by atoms with E-state index in [-0.39, 0.29) is 11.3 Å². The number of anilines is 1. The zero-order valence-corrected chi connectivity index (χ0v) is 17.4. The van der Waals surface area contributed by atoms with Crippen LogP contribution >= 0.6 is 0 Å². The highest BCUT2D eigenvalue weighted by Crippen LogP contribution is 2.46. The van der Waals surface area contributed by atoms with Gasteiger partial charge in [0.15, 0.2) is 5.78 Å². The van der Waals surface area contributed by atoms with E-state index in [2.05, 4.69) is 5.10 Å². The number of carbonyl (C=O) groups is 3. The van der Waals surface area contributed by atoms with Crippen molar-refractivity contribution in [1.29, 1.82) is 0 Å². The van der Waals surface area contributed by atoms with Crippen molar-refractivity contribution in [1.82, 2.24) is 5.01 Å². The van der Waals surface area contributed by atoms with E-state index in [0.29, 0.717) is 11.4 Å². The molecule has 3 heterocycles. The molecule has 5 rings (SSSR count). The number of benzene rings is 2. The van der Waals surface area contributed by atoms with Gasteiger partial charge in [0, 0.05) is 23.9 Å². The van der Waals surface area contributed by atoms with E-state index in [4.69, 9.17) is 4.74 Å². The first-order valence-corrected chi connectivity index (χ1v) is 10.2. The lowest BCUT2D eigenvalue weighted by Crippen LogP contribution is -2.46. The van der Waals surface area contributed by atoms with Crippen molar-refractivity contribution < 1.29 is 24.0 Å². The Morgan fingerprint density at radius 2 is 1.82 bits per heavy atom. The number of hydrogen-bond acceptors (Lipinski definition) is 8. The van der Waals surface area contributed by atoms with Crippen molar-refractivity contribution >= 4 is 35.2 Å². The summed E-state index contributed by atoms with van der Waals surface area (Å²) in [5.41, 5.74) is 0.237. The van der Waals surface area contributed by atoms with Gasteiger partial charge in [-0.05, 0) is 30.3 Å². The van der Waals surface area contributed by atoms with Crippen LogP contribution in [-0.2, 0) is 9.59 Å². The van der Waals surface area contributed by atoms with Gasteiger partial charge in [-0.2, -0.15) is 5.10 Å². The Kier molecular flexibility index (Phi) is 4.77. The van der Waals surface area contributed by atoms with Gasteiger partial charge < -0.3 is 4.74 Å². The number of Topliss-reactive ketones (excluding diaryl/α,β-unsaturated/α-hetero) is 1. The van der Waals surface area contributed by atoms with Gasteiger partial charge in [-0.1, -0.05) is 18.2 Å². The van der Waals surface area contributed by atoms with Crippen molar-refractivity contribution in [3.05, 3.63) is 76.4 Å². The molecule has 0 radical (unpaired) electrons. The average Bonchev–Trinajstić information content (AvgIpc) is 3.31. The lowest BCUT2D eigenvalue weighted by atomic mass is 9.86. The molecule has 0 aromatic heterocycles. The van der Waals surface area contributed by atoms with E-state index in [1.807, 2.05) is 0 Å². The number of ether oxygens (including phenoxy) is 1. The maximum absolute atomic E-state index is 13.5. The van der Waals surface area contributed by atoms with Gasteiger partial charge in [0.25, 0.3) is 5.69 Å². The van der Waals surface area contributed by atoms with Crippen molar-refractivity contribution in [2.24, 2.45) is 16.9 Å². The Hall–Kier alpha value is -4.34. The second-order valence-corrected chi connectivity index (χ2v) is 7.90. The molecular formula is C23H18N4O6. The summed E-state index contributed by atoms with van der Waals surface area (Å²) in [4.78, 5) is 52.2. The number of methoxy groups -OCH3 is 1. The van der Waals surface area contributed by atoms with Crippen molar-refractivity contribution in [2.75, 3.05) is 12.0 Å². The number of allylic oxidation sites excluding steroid dienone is 1. The van der Waals surface area contributed by atoms with Crippen LogP contribution in [-0.4, -0.2) is 52.9 Å². The van der Waals surface area contributed by atoms with Crippen LogP contribution in [0.1, 0.15) is 10.4 Å². The van der Waals surface area contributed by atoms with Crippen molar-refractivity contribution in [2.45, 2.75) is 12.1 Å². The van der Waals surface area contributed by atoms with Crippen LogP contribution in [0, 0.1) is 22.0 Å². The minimum atomic E-state index is -1.07. The second kappa shape index (κ2) is 7.66. The maximum Gasteiger partial charge on any atom is 0.270 e. The third-order valence-electron chi connectivity index (χ3n) is 6.23. The highest BCUT2D eigenvalue weighted by molar-refractivity contribution is 6.24. The van der Waals surface area contributed by atoms with Gasteiger partial charge in [-0.3, -0.25) is 29.5 Å². The molecule has 3 aliphatic rings. The first kappa shape index (κ1) is 20.6. The Bertz CT molecular complexity index is 1240. The molecule has 33 heavy (non-hydrogen) atoms. The summed E-state index contributed by atoms with van der Waals surface area (Å²) >= 11 is 0. The number of hydrazone groups is 1. The molecule has 0 N–H and O–H groups in total. The Morgan fingerprint density at radius 1 is 1.09 bits per heavy atom. The molecule has 10 heteroatoms. The van der Waals surface area contributed by atoms with Crippen LogP contribution in [0.15, 0.2) is 65.8 Å². The Balaban J connectivity index is 1.55. The molecule has 2 saturated heterocycles. The van der Waals surface area contributed by atoms with Crippen LogP contribution in [0.3, 0.4) is 0 Å². The van der Waals surface area contributed by atoms with Crippen LogP contribution in [0.2, 0.25) is 0 Å². The summed E-state index contributed by atoms with van der Waals surface area (Å²) in [5, 5.41) is 16.9. The molecule has 4 atom stereocenters. The van der Waals surface area contributed by atoms with E-state index in [1.54, 1.807) is 36.4 Å². The minimum absolute atomic E-state index is 0.0847. The van der Waals surface area contributed by atoms with E-state index < -0.39 is 46.4 Å². The maximum atomic E-state index is 13.5. The van der Waals surface area contributed by atoms with E-state index in [1.165, 1.54) is 42.6 Å². The first-order chi connectivity index (χ1) is 15.9. The molecule has 3 aliphatic heterocycles. The number of non-ortho nitro benzene ring substituents is 1. The molecule has 2 amide bonds. The number of fused-ring (bicyclic) bond motifs is 3. The standard InChI is InChI=1S/C23H18N4O6/c1-33-16-9-7-14(8-10-16)25-22(29)18-17-6-3-11-24-26(17)20(19(18)23(25)30)21(28)13-4-2-5-15(12-13)27(31)32/h2-12,17-20H,1H3/t17-,18-,19-,20-/m0/s1. The van der Waals surface area contributed by atoms with Crippen LogP contribution in [0.5, 0.6) is 5.75 Å². The highest BCUT2D eigenvalue weighted by Gasteiger charge is 2.64. The number of nitro benzene ring substituents is 1. The molecule has 0 spiro atoms. The third-order valence-corrected chi connectivity index (χ3v) is 6.23. The predicted octanol–water partition coefficient (Wildman–Crippen LogP) is 2.20. The number of nitrogens with zero attached hydrogens (tertiary/aromatic N) is 4. The monoisotopic (exact) mass is 446 g/mol. The van der Waals surface area contributed by atoms with Crippen LogP contribution < -0.4 is 9.64 Å². The summed E-state index contributed by atoms with van der Waals surface area (Å²) in [7, 11) is 1.51. The summed E-state index contributed by atoms with van der Waals surface area (Å²) < 4.78 is 5.14. The normalized spacial score (nSPS) is 25.2. The van der Waals surface area contributed by atoms with Gasteiger partial charge in [-0.15, -0.1) is 0 Å². The molecule has 10 nitrogen and oxygen atoms in total. The number of imide groups is 1. The van der Waals surface area contributed by atoms with E-state index in [9.17, 15) is 24.5 Å². The van der Waals surface area contributed by atoms with E-state index in [0.717, 1.165) is 4.90 Å². The summed E-state index contributed by atoms with van der Waals surface area (Å²) in [6.07, 6.45) is 4.90. The first-order valence-electron chi connectivity index (χ1n) is 10.2. The Labute approximate surface area is 187 Å². The summed E-state index contributed by atoms with van der Waals surface area (Å²) in [6, 6.07) is 10.2. The number of rotatable bonds is 5. The number of hydrogen-bond donors (Lipinski definition) is 0. The number of amides is 2. The predicted molar refractivity (Wildman–Crippen MR) is 117 cm³/mol. The van der Waals surface area contributed by atoms with Gasteiger partial charge >= 0.3 is 0 Å². The average molecular weight is 446 g/mol. The largest absolute Gasteiger partial charge is 0.497 e. The van der Waals surface area contributed by atoms with Crippen LogP contribution in [0.25, 0.3) is 0 Å². The molecule has 0 bridgehead atoms. The number of ketones is 1. The highest BCUT2D eigenvalue weighted by atomic mass is 16.6. The lowest BCUT2D eigenvalue weighted by molar-refractivity contribution is -0.384. The molecule has 0 saturated carbocycles. The zero-order chi connectivity index (χ0) is 23.3. The van der Waals surface area contributed by atoms with Gasteiger partial charge in [0.2, 0.25) is 11.8 Å². The summed E-state index contributed by atoms with van der Waals surface area (Å²) in [5.74, 6) is -2.62. The molecular weight excluding hydrogens is 428 g/mol.